The molecule has 1 heterocycles. The van der Waals surface area contributed by atoms with Gasteiger partial charge in [-0.2, -0.15) is 0 Å². The van der Waals surface area contributed by atoms with Crippen molar-refractivity contribution in [2.45, 2.75) is 26.2 Å². The molecule has 0 aliphatic carbocycles. The van der Waals surface area contributed by atoms with Crippen molar-refractivity contribution < 1.29 is 4.79 Å². The van der Waals surface area contributed by atoms with Gasteiger partial charge in [-0.15, -0.1) is 0 Å². The van der Waals surface area contributed by atoms with Crippen LogP contribution in [-0.2, 0) is 4.79 Å². The van der Waals surface area contributed by atoms with Crippen molar-refractivity contribution >= 4 is 35.2 Å². The molecule has 1 N–H and O–H groups in total. The summed E-state index contributed by atoms with van der Waals surface area (Å²) in [5.41, 5.74) is 2.23. The third-order valence-corrected chi connectivity index (χ3v) is 4.36. The van der Waals surface area contributed by atoms with Gasteiger partial charge in [0.15, 0.2) is 0 Å². The maximum absolute atomic E-state index is 13.0. The van der Waals surface area contributed by atoms with E-state index in [0.29, 0.717) is 23.2 Å². The van der Waals surface area contributed by atoms with E-state index in [1.54, 1.807) is 17.0 Å². The van der Waals surface area contributed by atoms with Gasteiger partial charge in [-0.1, -0.05) is 61.7 Å². The highest BCUT2D eigenvalue weighted by molar-refractivity contribution is 6.31. The van der Waals surface area contributed by atoms with Crippen molar-refractivity contribution in [2.24, 2.45) is 4.99 Å². The van der Waals surface area contributed by atoms with Gasteiger partial charge in [-0.05, 0) is 42.3 Å². The fraction of sp³-hybridized carbons (Fsp3) is 0.238. The van der Waals surface area contributed by atoms with E-state index in [2.05, 4.69) is 17.2 Å². The van der Waals surface area contributed by atoms with Crippen LogP contribution in [0.5, 0.6) is 0 Å². The van der Waals surface area contributed by atoms with Crippen LogP contribution in [0.25, 0.3) is 6.08 Å². The maximum Gasteiger partial charge on any atom is 0.281 e. The molecule has 1 amide bonds. The zero-order chi connectivity index (χ0) is 18.4. The molecule has 1 fully saturated rings. The highest BCUT2D eigenvalue weighted by atomic mass is 35.5. The summed E-state index contributed by atoms with van der Waals surface area (Å²) < 4.78 is 0. The number of hydrogen-bond acceptors (Lipinski definition) is 2. The minimum atomic E-state index is -0.120. The number of unbranched alkanes of at least 4 members (excludes halogenated alkanes) is 2. The Labute approximate surface area is 159 Å². The van der Waals surface area contributed by atoms with Crippen LogP contribution >= 0.6 is 11.6 Å². The Morgan fingerprint density at radius 1 is 1.08 bits per heavy atom. The van der Waals surface area contributed by atoms with Gasteiger partial charge >= 0.3 is 0 Å². The normalized spacial score (nSPS) is 17.2. The van der Waals surface area contributed by atoms with Crippen LogP contribution in [0.2, 0.25) is 5.02 Å². The molecule has 1 saturated heterocycles. The van der Waals surface area contributed by atoms with Gasteiger partial charge in [-0.25, -0.2) is 4.90 Å². The van der Waals surface area contributed by atoms with E-state index >= 15 is 0 Å². The van der Waals surface area contributed by atoms with E-state index < -0.39 is 0 Å². The van der Waals surface area contributed by atoms with Crippen LogP contribution in [-0.4, -0.2) is 18.4 Å². The van der Waals surface area contributed by atoms with Crippen LogP contribution in [0.4, 0.5) is 5.69 Å². The number of amides is 1. The fourth-order valence-corrected chi connectivity index (χ4v) is 2.87. The van der Waals surface area contributed by atoms with Gasteiger partial charge in [0.05, 0.1) is 5.69 Å². The third kappa shape index (κ3) is 4.33. The largest absolute Gasteiger partial charge is 0.321 e. The predicted molar refractivity (Wildman–Crippen MR) is 108 cm³/mol. The summed E-state index contributed by atoms with van der Waals surface area (Å²) in [5, 5.41) is 3.82. The second kappa shape index (κ2) is 8.68. The molecule has 0 saturated carbocycles. The van der Waals surface area contributed by atoms with Gasteiger partial charge in [0.1, 0.15) is 5.70 Å². The Morgan fingerprint density at radius 3 is 2.50 bits per heavy atom. The van der Waals surface area contributed by atoms with E-state index in [9.17, 15) is 4.79 Å². The number of halogens is 1. The van der Waals surface area contributed by atoms with Crippen LogP contribution in [0, 0.1) is 0 Å². The van der Waals surface area contributed by atoms with Crippen molar-refractivity contribution in [2.75, 3.05) is 11.4 Å². The first kappa shape index (κ1) is 18.2. The van der Waals surface area contributed by atoms with E-state index in [0.717, 1.165) is 30.5 Å². The van der Waals surface area contributed by atoms with E-state index in [4.69, 9.17) is 11.6 Å². The molecule has 1 aliphatic rings. The van der Waals surface area contributed by atoms with Gasteiger partial charge in [0.25, 0.3) is 5.91 Å². The molecule has 0 atom stereocenters. The number of nitrogens with zero attached hydrogens (tertiary/aromatic N) is 2. The van der Waals surface area contributed by atoms with Crippen LogP contribution in [0.1, 0.15) is 31.7 Å². The Morgan fingerprint density at radius 2 is 1.81 bits per heavy atom. The molecular formula is C21H22ClN3O. The molecule has 0 unspecified atom stereocenters. The summed E-state index contributed by atoms with van der Waals surface area (Å²) in [5.74, 6) is 0.445. The summed E-state index contributed by atoms with van der Waals surface area (Å²) >= 11 is 5.98. The maximum atomic E-state index is 13.0. The molecule has 1 aliphatic heterocycles. The SMILES string of the molecule is CCCCCN=C1N/C(=C\c2ccccc2)C(=O)N1c1ccc(Cl)cc1. The summed E-state index contributed by atoms with van der Waals surface area (Å²) in [6.07, 6.45) is 5.11. The zero-order valence-electron chi connectivity index (χ0n) is 14.8. The van der Waals surface area contributed by atoms with Gasteiger partial charge in [0.2, 0.25) is 5.96 Å². The lowest BCUT2D eigenvalue weighted by Gasteiger charge is -2.15. The molecule has 2 aromatic carbocycles. The smallest absolute Gasteiger partial charge is 0.281 e. The van der Waals surface area contributed by atoms with Crippen LogP contribution in [0.15, 0.2) is 65.3 Å². The monoisotopic (exact) mass is 367 g/mol. The molecule has 3 rings (SSSR count). The lowest BCUT2D eigenvalue weighted by Crippen LogP contribution is -2.32. The van der Waals surface area contributed by atoms with Crippen molar-refractivity contribution in [1.82, 2.24) is 5.32 Å². The number of benzene rings is 2. The summed E-state index contributed by atoms with van der Waals surface area (Å²) in [6, 6.07) is 17.0. The zero-order valence-corrected chi connectivity index (χ0v) is 15.5. The van der Waals surface area contributed by atoms with Crippen molar-refractivity contribution in [3.05, 3.63) is 70.9 Å². The lowest BCUT2D eigenvalue weighted by atomic mass is 10.2. The van der Waals surface area contributed by atoms with Gasteiger partial charge < -0.3 is 5.32 Å². The molecule has 26 heavy (non-hydrogen) atoms. The second-order valence-corrected chi connectivity index (χ2v) is 6.56. The lowest BCUT2D eigenvalue weighted by molar-refractivity contribution is -0.113. The standard InChI is InChI=1S/C21H22ClN3O/c1-2-3-7-14-23-21-24-19(15-16-8-5-4-6-9-16)20(26)25(21)18-12-10-17(22)11-13-18/h4-6,8-13,15H,2-3,7,14H2,1H3,(H,23,24)/b19-15-. The molecule has 0 aromatic heterocycles. The van der Waals surface area contributed by atoms with Crippen molar-refractivity contribution in [1.29, 1.82) is 0 Å². The summed E-state index contributed by atoms with van der Waals surface area (Å²) in [4.78, 5) is 19.2. The molecule has 0 spiro atoms. The molecule has 2 aromatic rings. The number of nitrogens with one attached hydrogen (secondary N) is 1. The number of hydrogen-bond donors (Lipinski definition) is 1. The quantitative estimate of drug-likeness (QED) is 0.585. The first-order valence-electron chi connectivity index (χ1n) is 8.87. The van der Waals surface area contributed by atoms with Gasteiger partial charge in [0, 0.05) is 11.6 Å². The van der Waals surface area contributed by atoms with Crippen LogP contribution in [0.3, 0.4) is 0 Å². The minimum absolute atomic E-state index is 0.120. The van der Waals surface area contributed by atoms with Crippen LogP contribution < -0.4 is 10.2 Å². The Bertz CT molecular complexity index is 813. The van der Waals surface area contributed by atoms with Crippen molar-refractivity contribution in [3.8, 4) is 0 Å². The highest BCUT2D eigenvalue weighted by Crippen LogP contribution is 2.24. The minimum Gasteiger partial charge on any atom is -0.321 e. The number of guanidine groups is 1. The molecule has 4 nitrogen and oxygen atoms in total. The Hall–Kier alpha value is -2.59. The summed E-state index contributed by atoms with van der Waals surface area (Å²) in [6.45, 7) is 2.84. The topological polar surface area (TPSA) is 44.7 Å². The molecule has 5 heteroatoms. The molecule has 134 valence electrons. The molecular weight excluding hydrogens is 346 g/mol. The van der Waals surface area contributed by atoms with E-state index in [1.807, 2.05) is 48.5 Å². The second-order valence-electron chi connectivity index (χ2n) is 6.12. The Balaban J connectivity index is 1.91. The first-order valence-corrected chi connectivity index (χ1v) is 9.25. The van der Waals surface area contributed by atoms with Crippen molar-refractivity contribution in [3.63, 3.8) is 0 Å². The number of anilines is 1. The van der Waals surface area contributed by atoms with E-state index in [-0.39, 0.29) is 5.91 Å². The molecule has 0 radical (unpaired) electrons. The fourth-order valence-electron chi connectivity index (χ4n) is 2.75. The molecule has 0 bridgehead atoms. The third-order valence-electron chi connectivity index (χ3n) is 4.11. The number of carbonyl (C=O) groups excluding carboxylic acids is 1. The van der Waals surface area contributed by atoms with E-state index in [1.165, 1.54) is 0 Å². The number of rotatable bonds is 6. The first-order chi connectivity index (χ1) is 12.7. The Kier molecular flexibility index (Phi) is 6.08. The highest BCUT2D eigenvalue weighted by Gasteiger charge is 2.33. The number of carbonyl (C=O) groups is 1. The average Bonchev–Trinajstić information content (AvgIpc) is 2.96. The van der Waals surface area contributed by atoms with Gasteiger partial charge in [-0.3, -0.25) is 9.79 Å². The average molecular weight is 368 g/mol. The predicted octanol–water partition coefficient (Wildman–Crippen LogP) is 4.86. The summed E-state index contributed by atoms with van der Waals surface area (Å²) in [7, 11) is 0. The number of aliphatic imine (C=N–C) groups is 1.